The highest BCUT2D eigenvalue weighted by atomic mass is 19.1. The number of alkyl halides is 1. The lowest BCUT2D eigenvalue weighted by Crippen LogP contribution is -2.24. The third-order valence-corrected chi connectivity index (χ3v) is 3.84. The van der Waals surface area contributed by atoms with Gasteiger partial charge in [0, 0.05) is 5.69 Å². The van der Waals surface area contributed by atoms with Gasteiger partial charge in [0.05, 0.1) is 16.6 Å². The summed E-state index contributed by atoms with van der Waals surface area (Å²) in [6, 6.07) is 11.7. The van der Waals surface area contributed by atoms with Crippen molar-refractivity contribution in [3.8, 4) is 5.69 Å². The number of fused-ring (bicyclic) bond motifs is 1. The number of amides is 1. The SMILES string of the molecule is Cc1ccccc1-n1c(CF)nc2ccc(NC(=O)CO)cc2c1=O. The predicted octanol–water partition coefficient (Wildman–Crippen LogP) is 2.09. The minimum Gasteiger partial charge on any atom is -0.387 e. The second-order valence-corrected chi connectivity index (χ2v) is 5.53. The Hall–Kier alpha value is -3.06. The van der Waals surface area contributed by atoms with Crippen LogP contribution in [0.3, 0.4) is 0 Å². The number of carbonyl (C=O) groups excluding carboxylic acids is 1. The van der Waals surface area contributed by atoms with Crippen molar-refractivity contribution in [1.82, 2.24) is 9.55 Å². The molecular formula is C18H16FN3O3. The van der Waals surface area contributed by atoms with Crippen LogP contribution in [0.15, 0.2) is 47.3 Å². The molecule has 25 heavy (non-hydrogen) atoms. The van der Waals surface area contributed by atoms with Gasteiger partial charge in [-0.25, -0.2) is 9.37 Å². The van der Waals surface area contributed by atoms with E-state index in [1.54, 1.807) is 18.2 Å². The number of hydrogen-bond acceptors (Lipinski definition) is 4. The highest BCUT2D eigenvalue weighted by molar-refractivity contribution is 5.94. The van der Waals surface area contributed by atoms with E-state index in [2.05, 4.69) is 10.3 Å². The fourth-order valence-electron chi connectivity index (χ4n) is 2.66. The lowest BCUT2D eigenvalue weighted by atomic mass is 10.1. The zero-order valence-corrected chi connectivity index (χ0v) is 13.5. The van der Waals surface area contributed by atoms with Crippen molar-refractivity contribution in [2.24, 2.45) is 0 Å². The fraction of sp³-hybridized carbons (Fsp3) is 0.167. The molecule has 3 rings (SSSR count). The van der Waals surface area contributed by atoms with Gasteiger partial charge in [-0.1, -0.05) is 18.2 Å². The molecule has 0 bridgehead atoms. The second kappa shape index (κ2) is 6.82. The molecule has 0 fully saturated rings. The number of aliphatic hydroxyl groups is 1. The van der Waals surface area contributed by atoms with Gasteiger partial charge in [-0.15, -0.1) is 0 Å². The molecule has 2 N–H and O–H groups in total. The molecule has 1 aromatic heterocycles. The van der Waals surface area contributed by atoms with Gasteiger partial charge in [0.2, 0.25) is 5.91 Å². The smallest absolute Gasteiger partial charge is 0.266 e. The van der Waals surface area contributed by atoms with Crippen molar-refractivity contribution >= 4 is 22.5 Å². The van der Waals surface area contributed by atoms with Crippen LogP contribution in [0.2, 0.25) is 0 Å². The minimum atomic E-state index is -0.886. The Bertz CT molecular complexity index is 1010. The Morgan fingerprint density at radius 3 is 2.72 bits per heavy atom. The maximum absolute atomic E-state index is 13.5. The summed E-state index contributed by atoms with van der Waals surface area (Å²) in [5.41, 5.74) is 1.64. The summed E-state index contributed by atoms with van der Waals surface area (Å²) in [5, 5.41) is 11.5. The number of aromatic nitrogens is 2. The summed E-state index contributed by atoms with van der Waals surface area (Å²) in [7, 11) is 0. The van der Waals surface area contributed by atoms with Crippen molar-refractivity contribution < 1.29 is 14.3 Å². The minimum absolute atomic E-state index is 0.0129. The van der Waals surface area contributed by atoms with Crippen molar-refractivity contribution in [2.75, 3.05) is 11.9 Å². The number of anilines is 1. The monoisotopic (exact) mass is 341 g/mol. The zero-order valence-electron chi connectivity index (χ0n) is 13.5. The van der Waals surface area contributed by atoms with Crippen molar-refractivity contribution in [2.45, 2.75) is 13.6 Å². The number of aliphatic hydroxyl groups excluding tert-OH is 1. The maximum atomic E-state index is 13.5. The van der Waals surface area contributed by atoms with E-state index < -0.39 is 24.7 Å². The summed E-state index contributed by atoms with van der Waals surface area (Å²) < 4.78 is 14.7. The van der Waals surface area contributed by atoms with E-state index in [1.165, 1.54) is 16.7 Å². The normalized spacial score (nSPS) is 10.8. The summed E-state index contributed by atoms with van der Waals surface area (Å²) in [4.78, 5) is 28.5. The molecule has 3 aromatic rings. The van der Waals surface area contributed by atoms with Crippen LogP contribution in [0.5, 0.6) is 0 Å². The number of benzene rings is 2. The number of halogens is 1. The summed E-state index contributed by atoms with van der Waals surface area (Å²) >= 11 is 0. The third kappa shape index (κ3) is 3.14. The highest BCUT2D eigenvalue weighted by Crippen LogP contribution is 2.19. The average molecular weight is 341 g/mol. The lowest BCUT2D eigenvalue weighted by molar-refractivity contribution is -0.118. The summed E-state index contributed by atoms with van der Waals surface area (Å²) in [6.07, 6.45) is 0. The Morgan fingerprint density at radius 1 is 1.28 bits per heavy atom. The van der Waals surface area contributed by atoms with Gasteiger partial charge in [-0.05, 0) is 36.8 Å². The van der Waals surface area contributed by atoms with Crippen LogP contribution in [0.25, 0.3) is 16.6 Å². The van der Waals surface area contributed by atoms with Gasteiger partial charge in [-0.2, -0.15) is 0 Å². The van der Waals surface area contributed by atoms with Gasteiger partial charge in [0.1, 0.15) is 19.1 Å². The molecule has 1 heterocycles. The Labute approximate surface area is 142 Å². The lowest BCUT2D eigenvalue weighted by Gasteiger charge is -2.14. The van der Waals surface area contributed by atoms with E-state index in [1.807, 2.05) is 19.1 Å². The Kier molecular flexibility index (Phi) is 4.58. The van der Waals surface area contributed by atoms with Crippen LogP contribution in [-0.4, -0.2) is 27.2 Å². The van der Waals surface area contributed by atoms with Gasteiger partial charge >= 0.3 is 0 Å². The Morgan fingerprint density at radius 2 is 2.04 bits per heavy atom. The largest absolute Gasteiger partial charge is 0.387 e. The first-order valence-corrected chi connectivity index (χ1v) is 7.63. The molecule has 0 saturated carbocycles. The van der Waals surface area contributed by atoms with E-state index in [9.17, 15) is 14.0 Å². The van der Waals surface area contributed by atoms with E-state index in [0.29, 0.717) is 16.9 Å². The highest BCUT2D eigenvalue weighted by Gasteiger charge is 2.14. The molecule has 0 aliphatic heterocycles. The number of hydrogen-bond donors (Lipinski definition) is 2. The summed E-state index contributed by atoms with van der Waals surface area (Å²) in [6.45, 7) is 0.277. The molecule has 1 amide bonds. The van der Waals surface area contributed by atoms with E-state index in [4.69, 9.17) is 5.11 Å². The van der Waals surface area contributed by atoms with Crippen LogP contribution in [0, 0.1) is 6.92 Å². The molecular weight excluding hydrogens is 325 g/mol. The molecule has 0 atom stereocenters. The fourth-order valence-corrected chi connectivity index (χ4v) is 2.66. The van der Waals surface area contributed by atoms with Gasteiger partial charge in [0.25, 0.3) is 5.56 Å². The van der Waals surface area contributed by atoms with Gasteiger partial charge < -0.3 is 10.4 Å². The van der Waals surface area contributed by atoms with Crippen molar-refractivity contribution in [3.05, 3.63) is 64.2 Å². The van der Waals surface area contributed by atoms with Crippen LogP contribution < -0.4 is 10.9 Å². The number of rotatable bonds is 4. The first kappa shape index (κ1) is 16.8. The molecule has 0 spiro atoms. The average Bonchev–Trinajstić information content (AvgIpc) is 2.62. The first-order chi connectivity index (χ1) is 12.0. The molecule has 6 nitrogen and oxygen atoms in total. The topological polar surface area (TPSA) is 84.2 Å². The van der Waals surface area contributed by atoms with Crippen molar-refractivity contribution in [1.29, 1.82) is 0 Å². The van der Waals surface area contributed by atoms with Crippen LogP contribution >= 0.6 is 0 Å². The molecule has 0 aliphatic carbocycles. The zero-order chi connectivity index (χ0) is 18.0. The van der Waals surface area contributed by atoms with Crippen molar-refractivity contribution in [3.63, 3.8) is 0 Å². The second-order valence-electron chi connectivity index (χ2n) is 5.53. The quantitative estimate of drug-likeness (QED) is 0.761. The number of para-hydroxylation sites is 1. The number of aryl methyl sites for hydroxylation is 1. The Balaban J connectivity index is 2.26. The third-order valence-electron chi connectivity index (χ3n) is 3.84. The van der Waals surface area contributed by atoms with E-state index in [-0.39, 0.29) is 11.2 Å². The molecule has 2 aromatic carbocycles. The molecule has 0 radical (unpaired) electrons. The number of carbonyl (C=O) groups is 1. The van der Waals surface area contributed by atoms with Gasteiger partial charge in [0.15, 0.2) is 0 Å². The molecule has 128 valence electrons. The van der Waals surface area contributed by atoms with Crippen LogP contribution in [0.4, 0.5) is 10.1 Å². The summed E-state index contributed by atoms with van der Waals surface area (Å²) in [5.74, 6) is -0.578. The molecule has 0 saturated heterocycles. The maximum Gasteiger partial charge on any atom is 0.266 e. The molecule has 0 unspecified atom stereocenters. The number of nitrogens with one attached hydrogen (secondary N) is 1. The first-order valence-electron chi connectivity index (χ1n) is 7.63. The molecule has 0 aliphatic rings. The standard InChI is InChI=1S/C18H16FN3O3/c1-11-4-2-3-5-15(11)22-16(9-19)21-14-7-6-12(20-17(24)10-23)8-13(14)18(22)25/h2-8,23H,9-10H2,1H3,(H,20,24). The van der Waals surface area contributed by atoms with E-state index >= 15 is 0 Å². The van der Waals surface area contributed by atoms with E-state index in [0.717, 1.165) is 5.56 Å². The van der Waals surface area contributed by atoms with Crippen LogP contribution in [-0.2, 0) is 11.5 Å². The predicted molar refractivity (Wildman–Crippen MR) is 92.6 cm³/mol. The van der Waals surface area contributed by atoms with Gasteiger partial charge in [-0.3, -0.25) is 14.2 Å². The van der Waals surface area contributed by atoms with Crippen LogP contribution in [0.1, 0.15) is 11.4 Å². The molecule has 7 heteroatoms. The number of nitrogens with zero attached hydrogens (tertiary/aromatic N) is 2.